The largest absolute Gasteiger partial charge is 0.358 e. The Kier molecular flexibility index (Phi) is 4.12. The molecule has 1 aromatic rings. The zero-order chi connectivity index (χ0) is 15.7. The lowest BCUT2D eigenvalue weighted by atomic mass is 10.2. The van der Waals surface area contributed by atoms with Crippen LogP contribution in [-0.2, 0) is 7.05 Å². The highest BCUT2D eigenvalue weighted by Crippen LogP contribution is 2.21. The Morgan fingerprint density at radius 1 is 1.32 bits per heavy atom. The highest BCUT2D eigenvalue weighted by molar-refractivity contribution is 5.93. The normalized spacial score (nSPS) is 23.0. The van der Waals surface area contributed by atoms with Crippen molar-refractivity contribution >= 4 is 11.7 Å². The Hall–Kier alpha value is -1.93. The Balaban J connectivity index is 1.67. The summed E-state index contributed by atoms with van der Waals surface area (Å²) < 4.78 is 1.36. The molecule has 22 heavy (non-hydrogen) atoms. The van der Waals surface area contributed by atoms with E-state index in [9.17, 15) is 14.9 Å². The fraction of sp³-hybridized carbons (Fsp3) is 0.643. The van der Waals surface area contributed by atoms with Crippen molar-refractivity contribution in [3.05, 3.63) is 27.9 Å². The van der Waals surface area contributed by atoms with Gasteiger partial charge < -0.3 is 20.3 Å². The summed E-state index contributed by atoms with van der Waals surface area (Å²) in [6.45, 7) is 5.44. The van der Waals surface area contributed by atoms with Crippen LogP contribution >= 0.6 is 0 Å². The molecule has 3 heterocycles. The molecule has 0 aliphatic carbocycles. The second kappa shape index (κ2) is 6.05. The molecule has 1 aromatic heterocycles. The van der Waals surface area contributed by atoms with Gasteiger partial charge in [0.25, 0.3) is 5.91 Å². The Labute approximate surface area is 128 Å². The van der Waals surface area contributed by atoms with Crippen molar-refractivity contribution < 1.29 is 9.72 Å². The zero-order valence-corrected chi connectivity index (χ0v) is 12.7. The third-order valence-electron chi connectivity index (χ3n) is 4.62. The van der Waals surface area contributed by atoms with Gasteiger partial charge >= 0.3 is 5.82 Å². The number of carbonyl (C=O) groups is 1. The smallest absolute Gasteiger partial charge is 0.323 e. The molecular formula is C14H21N5O3. The summed E-state index contributed by atoms with van der Waals surface area (Å²) in [7, 11) is 1.56. The fourth-order valence-electron chi connectivity index (χ4n) is 3.33. The molecule has 8 heteroatoms. The molecule has 1 amide bonds. The van der Waals surface area contributed by atoms with Gasteiger partial charge in [-0.2, -0.15) is 0 Å². The number of nitrogens with one attached hydrogen (secondary N) is 1. The van der Waals surface area contributed by atoms with Gasteiger partial charge in [0, 0.05) is 51.4 Å². The number of amides is 1. The maximum Gasteiger partial charge on any atom is 0.323 e. The highest BCUT2D eigenvalue weighted by atomic mass is 16.6. The van der Waals surface area contributed by atoms with E-state index in [-0.39, 0.29) is 11.7 Å². The summed E-state index contributed by atoms with van der Waals surface area (Å²) in [5, 5.41) is 14.2. The molecule has 1 unspecified atom stereocenters. The van der Waals surface area contributed by atoms with Crippen LogP contribution in [0.15, 0.2) is 12.1 Å². The van der Waals surface area contributed by atoms with Crippen LogP contribution in [0.2, 0.25) is 0 Å². The van der Waals surface area contributed by atoms with Gasteiger partial charge in [-0.15, -0.1) is 0 Å². The molecule has 2 aliphatic rings. The van der Waals surface area contributed by atoms with Crippen LogP contribution in [0.1, 0.15) is 16.9 Å². The number of aromatic nitrogens is 1. The number of rotatable bonds is 3. The quantitative estimate of drug-likeness (QED) is 0.630. The molecule has 1 atom stereocenters. The minimum absolute atomic E-state index is 0.0544. The van der Waals surface area contributed by atoms with Crippen LogP contribution < -0.4 is 5.32 Å². The van der Waals surface area contributed by atoms with Gasteiger partial charge in [0.15, 0.2) is 5.69 Å². The second-order valence-corrected chi connectivity index (χ2v) is 5.87. The molecule has 1 N–H and O–H groups in total. The number of likely N-dealkylation sites (tertiary alicyclic amines) is 1. The van der Waals surface area contributed by atoms with Crippen molar-refractivity contribution in [2.75, 3.05) is 39.3 Å². The molecule has 2 saturated heterocycles. The Bertz CT molecular complexity index is 579. The lowest BCUT2D eigenvalue weighted by Crippen LogP contribution is -2.49. The Morgan fingerprint density at radius 3 is 2.68 bits per heavy atom. The Morgan fingerprint density at radius 2 is 2.05 bits per heavy atom. The lowest BCUT2D eigenvalue weighted by Gasteiger charge is -2.32. The molecule has 0 aromatic carbocycles. The fourth-order valence-corrected chi connectivity index (χ4v) is 3.33. The molecule has 0 saturated carbocycles. The van der Waals surface area contributed by atoms with Crippen LogP contribution in [0.3, 0.4) is 0 Å². The maximum absolute atomic E-state index is 12.6. The predicted molar refractivity (Wildman–Crippen MR) is 80.8 cm³/mol. The molecule has 0 spiro atoms. The third-order valence-corrected chi connectivity index (χ3v) is 4.62. The molecule has 2 fully saturated rings. The summed E-state index contributed by atoms with van der Waals surface area (Å²) in [4.78, 5) is 27.2. The van der Waals surface area contributed by atoms with Crippen molar-refractivity contribution in [1.82, 2.24) is 19.7 Å². The van der Waals surface area contributed by atoms with E-state index in [0.29, 0.717) is 24.8 Å². The van der Waals surface area contributed by atoms with E-state index in [1.165, 1.54) is 10.6 Å². The van der Waals surface area contributed by atoms with Gasteiger partial charge in [-0.25, -0.2) is 4.57 Å². The van der Waals surface area contributed by atoms with E-state index in [2.05, 4.69) is 10.2 Å². The minimum atomic E-state index is -0.468. The highest BCUT2D eigenvalue weighted by Gasteiger charge is 2.33. The van der Waals surface area contributed by atoms with Gasteiger partial charge in [-0.1, -0.05) is 0 Å². The average Bonchev–Trinajstić information content (AvgIpc) is 3.14. The van der Waals surface area contributed by atoms with Crippen molar-refractivity contribution in [2.45, 2.75) is 12.5 Å². The predicted octanol–water partition coefficient (Wildman–Crippen LogP) is 0.0530. The lowest BCUT2D eigenvalue weighted by molar-refractivity contribution is -0.391. The third kappa shape index (κ3) is 2.71. The molecule has 120 valence electrons. The topological polar surface area (TPSA) is 83.7 Å². The van der Waals surface area contributed by atoms with E-state index in [4.69, 9.17) is 0 Å². The van der Waals surface area contributed by atoms with Crippen LogP contribution in [-0.4, -0.2) is 70.5 Å². The molecule has 0 radical (unpaired) electrons. The number of piperazine rings is 1. The van der Waals surface area contributed by atoms with E-state index in [0.717, 1.165) is 32.6 Å². The maximum atomic E-state index is 12.6. The molecular weight excluding hydrogens is 286 g/mol. The summed E-state index contributed by atoms with van der Waals surface area (Å²) in [6, 6.07) is 3.33. The van der Waals surface area contributed by atoms with Crippen molar-refractivity contribution in [3.63, 3.8) is 0 Å². The number of hydrogen-bond donors (Lipinski definition) is 1. The summed E-state index contributed by atoms with van der Waals surface area (Å²) >= 11 is 0. The van der Waals surface area contributed by atoms with Crippen LogP contribution in [0.4, 0.5) is 5.82 Å². The second-order valence-electron chi connectivity index (χ2n) is 5.87. The van der Waals surface area contributed by atoms with E-state index in [1.54, 1.807) is 13.1 Å². The molecule has 8 nitrogen and oxygen atoms in total. The van der Waals surface area contributed by atoms with E-state index in [1.807, 2.05) is 4.90 Å². The first-order valence-corrected chi connectivity index (χ1v) is 7.62. The number of hydrogen-bond acceptors (Lipinski definition) is 5. The van der Waals surface area contributed by atoms with Gasteiger partial charge in [-0.05, 0) is 17.4 Å². The number of carbonyl (C=O) groups excluding carboxylic acids is 1. The first kappa shape index (κ1) is 15.0. The first-order chi connectivity index (χ1) is 10.6. The summed E-state index contributed by atoms with van der Waals surface area (Å²) in [5.41, 5.74) is 0.382. The molecule has 3 rings (SSSR count). The van der Waals surface area contributed by atoms with E-state index < -0.39 is 4.92 Å². The van der Waals surface area contributed by atoms with Gasteiger partial charge in [0.1, 0.15) is 0 Å². The van der Waals surface area contributed by atoms with Crippen LogP contribution in [0.5, 0.6) is 0 Å². The average molecular weight is 307 g/mol. The van der Waals surface area contributed by atoms with Gasteiger partial charge in [-0.3, -0.25) is 9.69 Å². The SMILES string of the molecule is Cn1c(C(=O)N2CCC(N3CCNCC3)C2)ccc1[N+](=O)[O-]. The van der Waals surface area contributed by atoms with Crippen molar-refractivity contribution in [3.8, 4) is 0 Å². The monoisotopic (exact) mass is 307 g/mol. The van der Waals surface area contributed by atoms with E-state index >= 15 is 0 Å². The van der Waals surface area contributed by atoms with Crippen LogP contribution in [0, 0.1) is 10.1 Å². The summed E-state index contributed by atoms with van der Waals surface area (Å²) in [6.07, 6.45) is 0.970. The first-order valence-electron chi connectivity index (χ1n) is 7.62. The number of nitrogens with zero attached hydrogens (tertiary/aromatic N) is 4. The minimum Gasteiger partial charge on any atom is -0.358 e. The summed E-state index contributed by atoms with van der Waals surface area (Å²) in [5.74, 6) is -0.172. The van der Waals surface area contributed by atoms with Crippen LogP contribution in [0.25, 0.3) is 0 Å². The van der Waals surface area contributed by atoms with Gasteiger partial charge in [0.2, 0.25) is 0 Å². The standard InChI is InChI=1S/C14H21N5O3/c1-16-12(2-3-13(16)19(21)22)14(20)18-7-4-11(10-18)17-8-5-15-6-9-17/h2-3,11,15H,4-10H2,1H3. The zero-order valence-electron chi connectivity index (χ0n) is 12.7. The van der Waals surface area contributed by atoms with Gasteiger partial charge in [0.05, 0.1) is 7.05 Å². The van der Waals surface area contributed by atoms with Crippen molar-refractivity contribution in [1.29, 1.82) is 0 Å². The molecule has 0 bridgehead atoms. The molecule has 2 aliphatic heterocycles. The van der Waals surface area contributed by atoms with Crippen molar-refractivity contribution in [2.24, 2.45) is 7.05 Å². The number of nitro groups is 1.